The van der Waals surface area contributed by atoms with Gasteiger partial charge in [-0.1, -0.05) is 15.9 Å². The van der Waals surface area contributed by atoms with Crippen LogP contribution in [0.15, 0.2) is 27.3 Å². The highest BCUT2D eigenvalue weighted by Gasteiger charge is 2.14. The summed E-state index contributed by atoms with van der Waals surface area (Å²) in [4.78, 5) is 11.7. The van der Waals surface area contributed by atoms with Gasteiger partial charge in [0.2, 0.25) is 11.5 Å². The van der Waals surface area contributed by atoms with Gasteiger partial charge in [0.1, 0.15) is 5.75 Å². The summed E-state index contributed by atoms with van der Waals surface area (Å²) in [7, 11) is 0. The van der Waals surface area contributed by atoms with Crippen molar-refractivity contribution in [3.8, 4) is 5.75 Å². The molecule has 0 atom stereocenters. The molecule has 124 valence electrons. The molecule has 0 spiro atoms. The number of amides is 1. The summed E-state index contributed by atoms with van der Waals surface area (Å²) in [5.41, 5.74) is 6.48. The summed E-state index contributed by atoms with van der Waals surface area (Å²) in [5.74, 6) is 0.405. The molecule has 0 aliphatic rings. The van der Waals surface area contributed by atoms with Crippen molar-refractivity contribution in [1.29, 1.82) is 0 Å². The number of hydrogen-bond donors (Lipinski definition) is 3. The van der Waals surface area contributed by atoms with E-state index in [1.165, 1.54) is 0 Å². The van der Waals surface area contributed by atoms with Gasteiger partial charge in [-0.2, -0.15) is 0 Å². The summed E-state index contributed by atoms with van der Waals surface area (Å²) < 4.78 is 10.9. The number of hydrogen-bond acceptors (Lipinski definition) is 7. The SMILES string of the molecule is CCOc1ccc(Br)cc1CNCCNC(=O)c1nonc1N. The second-order valence-corrected chi connectivity index (χ2v) is 5.53. The normalized spacial score (nSPS) is 10.5. The number of carbonyl (C=O) groups is 1. The number of anilines is 1. The second kappa shape index (κ2) is 8.49. The maximum absolute atomic E-state index is 11.7. The molecule has 9 heteroatoms. The van der Waals surface area contributed by atoms with Crippen molar-refractivity contribution >= 4 is 27.7 Å². The van der Waals surface area contributed by atoms with Crippen molar-refractivity contribution in [2.75, 3.05) is 25.4 Å². The number of aromatic nitrogens is 2. The molecule has 2 rings (SSSR count). The molecule has 2 aromatic rings. The summed E-state index contributed by atoms with van der Waals surface area (Å²) in [6.07, 6.45) is 0. The fourth-order valence-corrected chi connectivity index (χ4v) is 2.32. The van der Waals surface area contributed by atoms with E-state index in [9.17, 15) is 4.79 Å². The molecule has 0 saturated heterocycles. The Bertz CT molecular complexity index is 662. The Kier molecular flexibility index (Phi) is 6.36. The lowest BCUT2D eigenvalue weighted by Crippen LogP contribution is -2.32. The van der Waals surface area contributed by atoms with Gasteiger partial charge in [0, 0.05) is 29.7 Å². The first-order valence-electron chi connectivity index (χ1n) is 7.10. The standard InChI is InChI=1S/C14H18BrN5O3/c1-2-22-11-4-3-10(15)7-9(11)8-17-5-6-18-14(21)12-13(16)20-23-19-12/h3-4,7,17H,2,5-6,8H2,1H3,(H2,16,20)(H,18,21). The van der Waals surface area contributed by atoms with Crippen LogP contribution in [0, 0.1) is 0 Å². The molecule has 0 aliphatic heterocycles. The predicted octanol–water partition coefficient (Wildman–Crippen LogP) is 1.33. The molecule has 0 aliphatic carbocycles. The fraction of sp³-hybridized carbons (Fsp3) is 0.357. The Morgan fingerprint density at radius 1 is 1.39 bits per heavy atom. The maximum Gasteiger partial charge on any atom is 0.277 e. The van der Waals surface area contributed by atoms with Gasteiger partial charge in [0.25, 0.3) is 5.91 Å². The molecule has 8 nitrogen and oxygen atoms in total. The Morgan fingerprint density at radius 2 is 2.22 bits per heavy atom. The van der Waals surface area contributed by atoms with Gasteiger partial charge in [-0.15, -0.1) is 0 Å². The third-order valence-electron chi connectivity index (χ3n) is 2.95. The Hall–Kier alpha value is -2.13. The van der Waals surface area contributed by atoms with Gasteiger partial charge >= 0.3 is 0 Å². The largest absolute Gasteiger partial charge is 0.494 e. The summed E-state index contributed by atoms with van der Waals surface area (Å²) >= 11 is 3.44. The number of nitrogen functional groups attached to an aromatic ring is 1. The highest BCUT2D eigenvalue weighted by Crippen LogP contribution is 2.23. The third kappa shape index (κ3) is 4.93. The van der Waals surface area contributed by atoms with Crippen LogP contribution in [-0.2, 0) is 6.54 Å². The molecule has 1 heterocycles. The van der Waals surface area contributed by atoms with E-state index in [0.29, 0.717) is 26.2 Å². The van der Waals surface area contributed by atoms with Crippen molar-refractivity contribution in [3.63, 3.8) is 0 Å². The van der Waals surface area contributed by atoms with Gasteiger partial charge < -0.3 is 21.1 Å². The number of halogens is 1. The Morgan fingerprint density at radius 3 is 2.91 bits per heavy atom. The highest BCUT2D eigenvalue weighted by atomic mass is 79.9. The topological polar surface area (TPSA) is 115 Å². The summed E-state index contributed by atoms with van der Waals surface area (Å²) in [5, 5.41) is 12.7. The molecule has 0 unspecified atom stereocenters. The number of benzene rings is 1. The van der Waals surface area contributed by atoms with E-state index in [0.717, 1.165) is 15.8 Å². The van der Waals surface area contributed by atoms with Crippen LogP contribution >= 0.6 is 15.9 Å². The molecule has 0 fully saturated rings. The van der Waals surface area contributed by atoms with Gasteiger partial charge in [0.15, 0.2) is 0 Å². The molecule has 4 N–H and O–H groups in total. The van der Waals surface area contributed by atoms with Gasteiger partial charge in [-0.05, 0) is 35.4 Å². The van der Waals surface area contributed by atoms with Crippen LogP contribution in [0.3, 0.4) is 0 Å². The van der Waals surface area contributed by atoms with Crippen molar-refractivity contribution in [3.05, 3.63) is 33.9 Å². The van der Waals surface area contributed by atoms with Crippen LogP contribution < -0.4 is 21.1 Å². The van der Waals surface area contributed by atoms with Crippen LogP contribution in [-0.4, -0.2) is 35.9 Å². The van der Waals surface area contributed by atoms with E-state index in [4.69, 9.17) is 10.5 Å². The Labute approximate surface area is 141 Å². The number of carbonyl (C=O) groups excluding carboxylic acids is 1. The van der Waals surface area contributed by atoms with E-state index in [1.54, 1.807) is 0 Å². The van der Waals surface area contributed by atoms with Gasteiger partial charge in [-0.25, -0.2) is 4.63 Å². The molecule has 1 aromatic carbocycles. The van der Waals surface area contributed by atoms with E-state index in [-0.39, 0.29) is 11.5 Å². The highest BCUT2D eigenvalue weighted by molar-refractivity contribution is 9.10. The monoisotopic (exact) mass is 383 g/mol. The van der Waals surface area contributed by atoms with Crippen LogP contribution in [0.25, 0.3) is 0 Å². The van der Waals surface area contributed by atoms with Gasteiger partial charge in [-0.3, -0.25) is 4.79 Å². The fourth-order valence-electron chi connectivity index (χ4n) is 1.91. The molecule has 0 saturated carbocycles. The molecular formula is C14H18BrN5O3. The summed E-state index contributed by atoms with van der Waals surface area (Å²) in [6, 6.07) is 5.86. The first-order chi connectivity index (χ1) is 11.1. The molecular weight excluding hydrogens is 366 g/mol. The van der Waals surface area contributed by atoms with Crippen LogP contribution in [0.4, 0.5) is 5.82 Å². The lowest BCUT2D eigenvalue weighted by Gasteiger charge is -2.12. The van der Waals surface area contributed by atoms with Crippen molar-refractivity contribution in [1.82, 2.24) is 20.9 Å². The zero-order chi connectivity index (χ0) is 16.7. The number of nitrogens with two attached hydrogens (primary N) is 1. The average Bonchev–Trinajstić information content (AvgIpc) is 2.95. The minimum Gasteiger partial charge on any atom is -0.494 e. The molecule has 1 aromatic heterocycles. The molecule has 23 heavy (non-hydrogen) atoms. The quantitative estimate of drug-likeness (QED) is 0.588. The van der Waals surface area contributed by atoms with E-state index >= 15 is 0 Å². The number of ether oxygens (including phenoxy) is 1. The first kappa shape index (κ1) is 17.2. The van der Waals surface area contributed by atoms with Crippen molar-refractivity contribution in [2.24, 2.45) is 0 Å². The predicted molar refractivity (Wildman–Crippen MR) is 88.1 cm³/mol. The smallest absolute Gasteiger partial charge is 0.277 e. The van der Waals surface area contributed by atoms with Crippen LogP contribution in [0.1, 0.15) is 23.0 Å². The number of nitrogens with one attached hydrogen (secondary N) is 2. The maximum atomic E-state index is 11.7. The molecule has 1 amide bonds. The summed E-state index contributed by atoms with van der Waals surface area (Å²) in [6.45, 7) is 4.17. The van der Waals surface area contributed by atoms with E-state index < -0.39 is 5.91 Å². The number of nitrogens with zero attached hydrogens (tertiary/aromatic N) is 2. The van der Waals surface area contributed by atoms with E-state index in [1.807, 2.05) is 25.1 Å². The average molecular weight is 384 g/mol. The zero-order valence-electron chi connectivity index (χ0n) is 12.6. The zero-order valence-corrected chi connectivity index (χ0v) is 14.2. The third-order valence-corrected chi connectivity index (χ3v) is 3.45. The molecule has 0 bridgehead atoms. The molecule has 0 radical (unpaired) electrons. The minimum atomic E-state index is -0.414. The van der Waals surface area contributed by atoms with E-state index in [2.05, 4.69) is 41.5 Å². The number of rotatable bonds is 8. The lowest BCUT2D eigenvalue weighted by atomic mass is 10.2. The van der Waals surface area contributed by atoms with Crippen LogP contribution in [0.5, 0.6) is 5.75 Å². The minimum absolute atomic E-state index is 0.00405. The van der Waals surface area contributed by atoms with Crippen molar-refractivity contribution in [2.45, 2.75) is 13.5 Å². The lowest BCUT2D eigenvalue weighted by molar-refractivity contribution is 0.0944. The van der Waals surface area contributed by atoms with Crippen LogP contribution in [0.2, 0.25) is 0 Å². The first-order valence-corrected chi connectivity index (χ1v) is 7.89. The van der Waals surface area contributed by atoms with Gasteiger partial charge in [0.05, 0.1) is 6.61 Å². The van der Waals surface area contributed by atoms with Crippen molar-refractivity contribution < 1.29 is 14.2 Å². The Balaban J connectivity index is 1.76. The second-order valence-electron chi connectivity index (χ2n) is 4.62.